The molecule has 1 N–H and O–H groups in total. The Balaban J connectivity index is 1.99. The Kier molecular flexibility index (Phi) is 4.60. The van der Waals surface area contributed by atoms with Crippen LogP contribution in [0.5, 0.6) is 0 Å². The van der Waals surface area contributed by atoms with Gasteiger partial charge >= 0.3 is 0 Å². The van der Waals surface area contributed by atoms with E-state index in [1.54, 1.807) is 0 Å². The van der Waals surface area contributed by atoms with Crippen LogP contribution in [0.2, 0.25) is 0 Å². The predicted octanol–water partition coefficient (Wildman–Crippen LogP) is 3.13. The van der Waals surface area contributed by atoms with E-state index in [0.717, 1.165) is 19.0 Å². The minimum Gasteiger partial charge on any atom is -0.310 e. The second-order valence-corrected chi connectivity index (χ2v) is 5.13. The van der Waals surface area contributed by atoms with Crippen molar-refractivity contribution in [1.82, 2.24) is 15.1 Å². The normalized spacial score (nSPS) is 18.7. The highest BCUT2D eigenvalue weighted by Crippen LogP contribution is 2.32. The van der Waals surface area contributed by atoms with Gasteiger partial charge in [0.05, 0.1) is 6.20 Å². The molecule has 1 aliphatic rings. The first-order valence-corrected chi connectivity index (χ1v) is 7.09. The summed E-state index contributed by atoms with van der Waals surface area (Å²) in [6.45, 7) is 6.32. The van der Waals surface area contributed by atoms with E-state index in [1.165, 1.54) is 37.7 Å². The third-order valence-corrected chi connectivity index (χ3v) is 3.87. The molecule has 1 aromatic rings. The highest BCUT2D eigenvalue weighted by Gasteiger charge is 2.21. The Bertz CT molecular complexity index is 326. The SMILES string of the molecule is CCNC(CC1CCCC1)c1cnn(CC)c1. The Morgan fingerprint density at radius 2 is 2.18 bits per heavy atom. The molecule has 1 heterocycles. The largest absolute Gasteiger partial charge is 0.310 e. The number of nitrogens with one attached hydrogen (secondary N) is 1. The summed E-state index contributed by atoms with van der Waals surface area (Å²) in [5.74, 6) is 0.920. The lowest BCUT2D eigenvalue weighted by Gasteiger charge is -2.20. The van der Waals surface area contributed by atoms with Crippen molar-refractivity contribution < 1.29 is 0 Å². The molecule has 1 aromatic heterocycles. The van der Waals surface area contributed by atoms with E-state index in [9.17, 15) is 0 Å². The van der Waals surface area contributed by atoms with Crippen LogP contribution in [0.3, 0.4) is 0 Å². The first kappa shape index (κ1) is 12.6. The fourth-order valence-corrected chi connectivity index (χ4v) is 2.90. The van der Waals surface area contributed by atoms with Crippen LogP contribution in [0.4, 0.5) is 0 Å². The van der Waals surface area contributed by atoms with Crippen molar-refractivity contribution >= 4 is 0 Å². The molecule has 0 bridgehead atoms. The molecule has 1 saturated carbocycles. The zero-order chi connectivity index (χ0) is 12.1. The predicted molar refractivity (Wildman–Crippen MR) is 70.9 cm³/mol. The van der Waals surface area contributed by atoms with Crippen LogP contribution in [0.25, 0.3) is 0 Å². The monoisotopic (exact) mass is 235 g/mol. The van der Waals surface area contributed by atoms with Gasteiger partial charge in [0, 0.05) is 24.3 Å². The second-order valence-electron chi connectivity index (χ2n) is 5.13. The molecule has 0 amide bonds. The average molecular weight is 235 g/mol. The van der Waals surface area contributed by atoms with Gasteiger partial charge in [0.2, 0.25) is 0 Å². The summed E-state index contributed by atoms with van der Waals surface area (Å²) in [4.78, 5) is 0. The maximum atomic E-state index is 4.39. The quantitative estimate of drug-likeness (QED) is 0.821. The fraction of sp³-hybridized carbons (Fsp3) is 0.786. The highest BCUT2D eigenvalue weighted by molar-refractivity contribution is 5.10. The standard InChI is InChI=1S/C14H25N3/c1-3-15-14(9-12-7-5-6-8-12)13-10-16-17(4-2)11-13/h10-12,14-15H,3-9H2,1-2H3. The lowest BCUT2D eigenvalue weighted by atomic mass is 9.95. The number of hydrogen-bond donors (Lipinski definition) is 1. The molecule has 0 aliphatic heterocycles. The Labute approximate surface area is 105 Å². The van der Waals surface area contributed by atoms with Crippen molar-refractivity contribution in [2.24, 2.45) is 5.92 Å². The second kappa shape index (κ2) is 6.20. The van der Waals surface area contributed by atoms with E-state index in [2.05, 4.69) is 30.5 Å². The molecule has 1 unspecified atom stereocenters. The molecule has 17 heavy (non-hydrogen) atoms. The van der Waals surface area contributed by atoms with Crippen LogP contribution >= 0.6 is 0 Å². The van der Waals surface area contributed by atoms with E-state index in [0.29, 0.717) is 6.04 Å². The molecular weight excluding hydrogens is 210 g/mol. The van der Waals surface area contributed by atoms with Crippen LogP contribution < -0.4 is 5.32 Å². The van der Waals surface area contributed by atoms with Gasteiger partial charge in [-0.05, 0) is 25.8 Å². The van der Waals surface area contributed by atoms with Gasteiger partial charge in [-0.3, -0.25) is 4.68 Å². The van der Waals surface area contributed by atoms with Crippen molar-refractivity contribution in [3.05, 3.63) is 18.0 Å². The Morgan fingerprint density at radius 3 is 2.76 bits per heavy atom. The van der Waals surface area contributed by atoms with Gasteiger partial charge in [0.15, 0.2) is 0 Å². The number of nitrogens with zero attached hydrogens (tertiary/aromatic N) is 2. The molecule has 1 atom stereocenters. The van der Waals surface area contributed by atoms with Crippen LogP contribution in [0, 0.1) is 5.92 Å². The van der Waals surface area contributed by atoms with Crippen molar-refractivity contribution in [2.75, 3.05) is 6.54 Å². The summed E-state index contributed by atoms with van der Waals surface area (Å²) in [5, 5.41) is 8.00. The first-order chi connectivity index (χ1) is 8.33. The minimum atomic E-state index is 0.503. The van der Waals surface area contributed by atoms with Crippen LogP contribution in [-0.2, 0) is 6.54 Å². The number of aryl methyl sites for hydroxylation is 1. The van der Waals surface area contributed by atoms with Crippen molar-refractivity contribution in [2.45, 2.75) is 58.5 Å². The molecule has 0 saturated heterocycles. The zero-order valence-corrected chi connectivity index (χ0v) is 11.2. The van der Waals surface area contributed by atoms with Gasteiger partial charge in [0.1, 0.15) is 0 Å². The van der Waals surface area contributed by atoms with Crippen LogP contribution in [0.15, 0.2) is 12.4 Å². The lowest BCUT2D eigenvalue weighted by molar-refractivity contribution is 0.400. The maximum Gasteiger partial charge on any atom is 0.0537 e. The van der Waals surface area contributed by atoms with E-state index in [-0.39, 0.29) is 0 Å². The van der Waals surface area contributed by atoms with Crippen molar-refractivity contribution in [3.63, 3.8) is 0 Å². The number of aromatic nitrogens is 2. The molecule has 3 heteroatoms. The van der Waals surface area contributed by atoms with E-state index in [1.807, 2.05) is 10.9 Å². The maximum absolute atomic E-state index is 4.39. The van der Waals surface area contributed by atoms with E-state index < -0.39 is 0 Å². The van der Waals surface area contributed by atoms with Crippen molar-refractivity contribution in [3.8, 4) is 0 Å². The summed E-state index contributed by atoms with van der Waals surface area (Å²) in [5.41, 5.74) is 1.36. The smallest absolute Gasteiger partial charge is 0.0537 e. The summed E-state index contributed by atoms with van der Waals surface area (Å²) >= 11 is 0. The van der Waals surface area contributed by atoms with Gasteiger partial charge in [-0.15, -0.1) is 0 Å². The molecule has 0 radical (unpaired) electrons. The molecule has 3 nitrogen and oxygen atoms in total. The zero-order valence-electron chi connectivity index (χ0n) is 11.2. The Morgan fingerprint density at radius 1 is 1.41 bits per heavy atom. The molecule has 96 valence electrons. The van der Waals surface area contributed by atoms with E-state index >= 15 is 0 Å². The molecular formula is C14H25N3. The fourth-order valence-electron chi connectivity index (χ4n) is 2.90. The van der Waals surface area contributed by atoms with Gasteiger partial charge in [0.25, 0.3) is 0 Å². The number of hydrogen-bond acceptors (Lipinski definition) is 2. The summed E-state index contributed by atoms with van der Waals surface area (Å²) < 4.78 is 2.02. The van der Waals surface area contributed by atoms with Gasteiger partial charge in [-0.1, -0.05) is 32.6 Å². The van der Waals surface area contributed by atoms with Crippen LogP contribution in [-0.4, -0.2) is 16.3 Å². The first-order valence-electron chi connectivity index (χ1n) is 7.09. The summed E-state index contributed by atoms with van der Waals surface area (Å²) in [6, 6.07) is 0.503. The molecule has 1 aliphatic carbocycles. The Hall–Kier alpha value is -0.830. The lowest BCUT2D eigenvalue weighted by Crippen LogP contribution is -2.22. The summed E-state index contributed by atoms with van der Waals surface area (Å²) in [7, 11) is 0. The number of rotatable bonds is 6. The molecule has 1 fully saturated rings. The minimum absolute atomic E-state index is 0.503. The molecule has 2 rings (SSSR count). The highest BCUT2D eigenvalue weighted by atomic mass is 15.3. The third kappa shape index (κ3) is 3.32. The van der Waals surface area contributed by atoms with Gasteiger partial charge < -0.3 is 5.32 Å². The average Bonchev–Trinajstić information content (AvgIpc) is 2.99. The van der Waals surface area contributed by atoms with Gasteiger partial charge in [-0.25, -0.2) is 0 Å². The van der Waals surface area contributed by atoms with Crippen molar-refractivity contribution in [1.29, 1.82) is 0 Å². The third-order valence-electron chi connectivity index (χ3n) is 3.87. The molecule has 0 spiro atoms. The topological polar surface area (TPSA) is 29.9 Å². The van der Waals surface area contributed by atoms with E-state index in [4.69, 9.17) is 0 Å². The van der Waals surface area contributed by atoms with Gasteiger partial charge in [-0.2, -0.15) is 5.10 Å². The summed E-state index contributed by atoms with van der Waals surface area (Å²) in [6.07, 6.45) is 11.2. The molecule has 0 aromatic carbocycles. The van der Waals surface area contributed by atoms with Crippen LogP contribution in [0.1, 0.15) is 57.6 Å².